The zero-order valence-electron chi connectivity index (χ0n) is 11.4. The summed E-state index contributed by atoms with van der Waals surface area (Å²) in [4.78, 5) is 2.53. The molecule has 1 aromatic carbocycles. The summed E-state index contributed by atoms with van der Waals surface area (Å²) >= 11 is 0. The van der Waals surface area contributed by atoms with E-state index in [9.17, 15) is 0 Å². The predicted molar refractivity (Wildman–Crippen MR) is 74.0 cm³/mol. The number of nitriles is 1. The first-order valence-corrected chi connectivity index (χ1v) is 6.90. The van der Waals surface area contributed by atoms with Crippen molar-refractivity contribution in [2.75, 3.05) is 13.1 Å². The molecule has 2 heteroatoms. The molecule has 0 amide bonds. The highest BCUT2D eigenvalue weighted by atomic mass is 15.1. The van der Waals surface area contributed by atoms with Crippen molar-refractivity contribution in [2.24, 2.45) is 11.8 Å². The third-order valence-corrected chi connectivity index (χ3v) is 4.06. The van der Waals surface area contributed by atoms with E-state index in [-0.39, 0.29) is 0 Å². The average molecular weight is 242 g/mol. The van der Waals surface area contributed by atoms with Crippen LogP contribution in [-0.4, -0.2) is 18.0 Å². The van der Waals surface area contributed by atoms with Crippen LogP contribution >= 0.6 is 0 Å². The summed E-state index contributed by atoms with van der Waals surface area (Å²) in [5, 5.41) is 8.77. The van der Waals surface area contributed by atoms with Gasteiger partial charge in [-0.3, -0.25) is 4.90 Å². The molecule has 1 aliphatic heterocycles. The number of piperidine rings is 1. The van der Waals surface area contributed by atoms with Crippen LogP contribution < -0.4 is 0 Å². The van der Waals surface area contributed by atoms with E-state index in [2.05, 4.69) is 36.9 Å². The van der Waals surface area contributed by atoms with Crippen LogP contribution in [0.25, 0.3) is 0 Å². The standard InChI is InChI=1S/C16H22N2/c1-13(2)16-7-9-18(10-8-16)12-15-5-3-14(11-17)4-6-15/h3-6,13,16H,7-10,12H2,1-2H3. The first-order valence-electron chi connectivity index (χ1n) is 6.90. The summed E-state index contributed by atoms with van der Waals surface area (Å²) in [5.41, 5.74) is 2.06. The summed E-state index contributed by atoms with van der Waals surface area (Å²) in [7, 11) is 0. The van der Waals surface area contributed by atoms with Crippen molar-refractivity contribution in [1.82, 2.24) is 4.90 Å². The number of nitrogens with zero attached hydrogens (tertiary/aromatic N) is 2. The predicted octanol–water partition coefficient (Wildman–Crippen LogP) is 3.43. The van der Waals surface area contributed by atoms with Gasteiger partial charge < -0.3 is 0 Å². The normalized spacial score (nSPS) is 17.9. The van der Waals surface area contributed by atoms with Crippen molar-refractivity contribution in [3.05, 3.63) is 35.4 Å². The van der Waals surface area contributed by atoms with Gasteiger partial charge in [-0.2, -0.15) is 5.26 Å². The third kappa shape index (κ3) is 3.34. The molecule has 0 aromatic heterocycles. The second-order valence-corrected chi connectivity index (χ2v) is 5.67. The van der Waals surface area contributed by atoms with Gasteiger partial charge in [0, 0.05) is 6.54 Å². The minimum atomic E-state index is 0.747. The molecule has 0 N–H and O–H groups in total. The fourth-order valence-corrected chi connectivity index (χ4v) is 2.72. The highest BCUT2D eigenvalue weighted by molar-refractivity contribution is 5.31. The smallest absolute Gasteiger partial charge is 0.0991 e. The average Bonchev–Trinajstić information content (AvgIpc) is 2.40. The maximum atomic E-state index is 8.77. The van der Waals surface area contributed by atoms with E-state index < -0.39 is 0 Å². The summed E-state index contributed by atoms with van der Waals surface area (Å²) < 4.78 is 0. The summed E-state index contributed by atoms with van der Waals surface area (Å²) in [6.07, 6.45) is 2.65. The van der Waals surface area contributed by atoms with Crippen molar-refractivity contribution in [1.29, 1.82) is 5.26 Å². The molecule has 1 heterocycles. The zero-order valence-corrected chi connectivity index (χ0v) is 11.4. The van der Waals surface area contributed by atoms with Gasteiger partial charge in [0.15, 0.2) is 0 Å². The highest BCUT2D eigenvalue weighted by Gasteiger charge is 2.21. The van der Waals surface area contributed by atoms with Crippen molar-refractivity contribution in [3.8, 4) is 6.07 Å². The molecule has 2 nitrogen and oxygen atoms in total. The lowest BCUT2D eigenvalue weighted by atomic mass is 9.86. The van der Waals surface area contributed by atoms with Crippen LogP contribution in [0.4, 0.5) is 0 Å². The highest BCUT2D eigenvalue weighted by Crippen LogP contribution is 2.25. The van der Waals surface area contributed by atoms with Gasteiger partial charge in [-0.05, 0) is 55.5 Å². The van der Waals surface area contributed by atoms with Crippen molar-refractivity contribution >= 4 is 0 Å². The molecule has 1 aliphatic rings. The van der Waals surface area contributed by atoms with E-state index in [1.54, 1.807) is 0 Å². The maximum Gasteiger partial charge on any atom is 0.0991 e. The summed E-state index contributed by atoms with van der Waals surface area (Å²) in [5.74, 6) is 1.73. The Balaban J connectivity index is 1.86. The second kappa shape index (κ2) is 6.02. The van der Waals surface area contributed by atoms with Crippen LogP contribution in [-0.2, 0) is 6.54 Å². The van der Waals surface area contributed by atoms with Crippen LogP contribution in [0.1, 0.15) is 37.8 Å². The molecule has 0 bridgehead atoms. The Kier molecular flexibility index (Phi) is 4.38. The van der Waals surface area contributed by atoms with Crippen molar-refractivity contribution in [2.45, 2.75) is 33.2 Å². The van der Waals surface area contributed by atoms with Gasteiger partial charge in [-0.1, -0.05) is 26.0 Å². The molecule has 18 heavy (non-hydrogen) atoms. The molecule has 0 saturated carbocycles. The molecule has 1 fully saturated rings. The number of hydrogen-bond donors (Lipinski definition) is 0. The van der Waals surface area contributed by atoms with E-state index >= 15 is 0 Å². The lowest BCUT2D eigenvalue weighted by Gasteiger charge is -2.33. The molecule has 96 valence electrons. The first-order chi connectivity index (χ1) is 8.69. The Bertz CT molecular complexity index is 406. The molecule has 2 rings (SSSR count). The molecular weight excluding hydrogens is 220 g/mol. The Morgan fingerprint density at radius 2 is 1.83 bits per heavy atom. The van der Waals surface area contributed by atoms with Gasteiger partial charge in [0.25, 0.3) is 0 Å². The number of likely N-dealkylation sites (tertiary alicyclic amines) is 1. The Hall–Kier alpha value is -1.33. The molecule has 0 aliphatic carbocycles. The van der Waals surface area contributed by atoms with E-state index in [4.69, 9.17) is 5.26 Å². The van der Waals surface area contributed by atoms with Crippen LogP contribution in [0.3, 0.4) is 0 Å². The van der Waals surface area contributed by atoms with E-state index in [0.29, 0.717) is 0 Å². The van der Waals surface area contributed by atoms with Gasteiger partial charge >= 0.3 is 0 Å². The van der Waals surface area contributed by atoms with Gasteiger partial charge in [0.2, 0.25) is 0 Å². The van der Waals surface area contributed by atoms with Gasteiger partial charge in [-0.25, -0.2) is 0 Å². The lowest BCUT2D eigenvalue weighted by molar-refractivity contribution is 0.152. The van der Waals surface area contributed by atoms with E-state index in [1.165, 1.54) is 31.5 Å². The molecule has 0 spiro atoms. The zero-order chi connectivity index (χ0) is 13.0. The van der Waals surface area contributed by atoms with Crippen LogP contribution in [0, 0.1) is 23.2 Å². The van der Waals surface area contributed by atoms with Crippen LogP contribution in [0.15, 0.2) is 24.3 Å². The number of rotatable bonds is 3. The first kappa shape index (κ1) is 13.1. The largest absolute Gasteiger partial charge is 0.299 e. The van der Waals surface area contributed by atoms with Gasteiger partial charge in [0.05, 0.1) is 11.6 Å². The van der Waals surface area contributed by atoms with Crippen LogP contribution in [0.2, 0.25) is 0 Å². The quantitative estimate of drug-likeness (QED) is 0.812. The Labute approximate surface area is 110 Å². The fourth-order valence-electron chi connectivity index (χ4n) is 2.72. The molecule has 1 saturated heterocycles. The number of benzene rings is 1. The van der Waals surface area contributed by atoms with Gasteiger partial charge in [-0.15, -0.1) is 0 Å². The monoisotopic (exact) mass is 242 g/mol. The lowest BCUT2D eigenvalue weighted by Crippen LogP contribution is -2.34. The topological polar surface area (TPSA) is 27.0 Å². The molecule has 0 radical (unpaired) electrons. The fraction of sp³-hybridized carbons (Fsp3) is 0.562. The molecular formula is C16H22N2. The summed E-state index contributed by atoms with van der Waals surface area (Å²) in [6, 6.07) is 10.1. The minimum absolute atomic E-state index is 0.747. The van der Waals surface area contributed by atoms with Crippen molar-refractivity contribution < 1.29 is 0 Å². The van der Waals surface area contributed by atoms with Gasteiger partial charge in [0.1, 0.15) is 0 Å². The molecule has 0 unspecified atom stereocenters. The third-order valence-electron chi connectivity index (χ3n) is 4.06. The van der Waals surface area contributed by atoms with Crippen molar-refractivity contribution in [3.63, 3.8) is 0 Å². The van der Waals surface area contributed by atoms with E-state index in [1.807, 2.05) is 12.1 Å². The molecule has 0 atom stereocenters. The maximum absolute atomic E-state index is 8.77. The second-order valence-electron chi connectivity index (χ2n) is 5.67. The molecule has 1 aromatic rings. The Morgan fingerprint density at radius 3 is 2.33 bits per heavy atom. The summed E-state index contributed by atoms with van der Waals surface area (Å²) in [6.45, 7) is 8.12. The minimum Gasteiger partial charge on any atom is -0.299 e. The SMILES string of the molecule is CC(C)C1CCN(Cc2ccc(C#N)cc2)CC1. The number of hydrogen-bond acceptors (Lipinski definition) is 2. The van der Waals surface area contributed by atoms with Crippen LogP contribution in [0.5, 0.6) is 0 Å². The van der Waals surface area contributed by atoms with E-state index in [0.717, 1.165) is 23.9 Å². The Morgan fingerprint density at radius 1 is 1.22 bits per heavy atom.